The molecule has 0 aromatic heterocycles. The Labute approximate surface area is 105 Å². The fourth-order valence-corrected chi connectivity index (χ4v) is 2.29. The highest BCUT2D eigenvalue weighted by molar-refractivity contribution is 5.74. The lowest BCUT2D eigenvalue weighted by atomic mass is 9.74. The van der Waals surface area contributed by atoms with E-state index in [0.29, 0.717) is 19.3 Å². The number of aliphatic hydroxyl groups excluding tert-OH is 1. The third kappa shape index (κ3) is 6.06. The Bertz CT molecular complexity index is 240. The standard InChI is InChI=1S/C14H28O3/c1-6-14(12(16)17,10-11(2)15)9-7-8-13(3,4)5/h11,15H,6-10H2,1-5H3,(H,16,17). The van der Waals surface area contributed by atoms with Gasteiger partial charge in [0.2, 0.25) is 0 Å². The summed E-state index contributed by atoms with van der Waals surface area (Å²) in [6.07, 6.45) is 2.94. The van der Waals surface area contributed by atoms with Gasteiger partial charge in [0.15, 0.2) is 0 Å². The van der Waals surface area contributed by atoms with Crippen molar-refractivity contribution in [3.63, 3.8) is 0 Å². The average Bonchev–Trinajstić information content (AvgIpc) is 2.13. The number of aliphatic hydroxyl groups is 1. The summed E-state index contributed by atoms with van der Waals surface area (Å²) in [7, 11) is 0. The van der Waals surface area contributed by atoms with Crippen LogP contribution in [0.4, 0.5) is 0 Å². The molecule has 2 atom stereocenters. The van der Waals surface area contributed by atoms with E-state index in [9.17, 15) is 15.0 Å². The van der Waals surface area contributed by atoms with Crippen LogP contribution in [0.1, 0.15) is 66.7 Å². The molecule has 0 fully saturated rings. The van der Waals surface area contributed by atoms with Gasteiger partial charge in [0.1, 0.15) is 0 Å². The number of carboxylic acids is 1. The van der Waals surface area contributed by atoms with Crippen LogP contribution in [0.3, 0.4) is 0 Å². The second-order valence-corrected chi connectivity index (χ2v) is 6.41. The van der Waals surface area contributed by atoms with Crippen LogP contribution in [0.5, 0.6) is 0 Å². The molecule has 0 spiro atoms. The van der Waals surface area contributed by atoms with Crippen LogP contribution >= 0.6 is 0 Å². The van der Waals surface area contributed by atoms with Crippen LogP contribution in [0.25, 0.3) is 0 Å². The topological polar surface area (TPSA) is 57.5 Å². The van der Waals surface area contributed by atoms with Crippen LogP contribution in [-0.2, 0) is 4.79 Å². The van der Waals surface area contributed by atoms with E-state index in [0.717, 1.165) is 12.8 Å². The van der Waals surface area contributed by atoms with Crippen LogP contribution in [-0.4, -0.2) is 22.3 Å². The summed E-state index contributed by atoms with van der Waals surface area (Å²) in [5, 5.41) is 18.9. The number of carboxylic acid groups (broad SMARTS) is 1. The van der Waals surface area contributed by atoms with Crippen molar-refractivity contribution >= 4 is 5.97 Å². The Hall–Kier alpha value is -0.570. The van der Waals surface area contributed by atoms with Gasteiger partial charge in [-0.3, -0.25) is 4.79 Å². The number of carbonyl (C=O) groups is 1. The van der Waals surface area contributed by atoms with E-state index in [1.54, 1.807) is 6.92 Å². The first-order valence-electron chi connectivity index (χ1n) is 6.54. The van der Waals surface area contributed by atoms with Crippen molar-refractivity contribution in [2.45, 2.75) is 72.8 Å². The van der Waals surface area contributed by atoms with Crippen molar-refractivity contribution in [2.75, 3.05) is 0 Å². The van der Waals surface area contributed by atoms with Crippen LogP contribution in [0.2, 0.25) is 0 Å². The molecule has 0 amide bonds. The highest BCUT2D eigenvalue weighted by atomic mass is 16.4. The second-order valence-electron chi connectivity index (χ2n) is 6.41. The molecule has 102 valence electrons. The highest BCUT2D eigenvalue weighted by Crippen LogP contribution is 2.36. The summed E-state index contributed by atoms with van der Waals surface area (Å²) in [4.78, 5) is 11.4. The number of rotatable bonds is 7. The zero-order chi connectivity index (χ0) is 13.7. The summed E-state index contributed by atoms with van der Waals surface area (Å²) in [6.45, 7) is 10.0. The van der Waals surface area contributed by atoms with E-state index in [1.807, 2.05) is 6.92 Å². The summed E-state index contributed by atoms with van der Waals surface area (Å²) in [5.41, 5.74) is -0.512. The molecule has 17 heavy (non-hydrogen) atoms. The van der Waals surface area contributed by atoms with Crippen molar-refractivity contribution in [1.29, 1.82) is 0 Å². The van der Waals surface area contributed by atoms with Gasteiger partial charge in [-0.1, -0.05) is 34.1 Å². The molecule has 0 aliphatic heterocycles. The third-order valence-corrected chi connectivity index (χ3v) is 3.40. The Morgan fingerprint density at radius 1 is 1.24 bits per heavy atom. The summed E-state index contributed by atoms with van der Waals surface area (Å²) < 4.78 is 0. The predicted molar refractivity (Wildman–Crippen MR) is 70.0 cm³/mol. The van der Waals surface area contributed by atoms with Gasteiger partial charge < -0.3 is 10.2 Å². The van der Waals surface area contributed by atoms with Crippen molar-refractivity contribution in [1.82, 2.24) is 0 Å². The molecule has 0 saturated heterocycles. The zero-order valence-electron chi connectivity index (χ0n) is 11.9. The van der Waals surface area contributed by atoms with Gasteiger partial charge in [-0.25, -0.2) is 0 Å². The molecule has 0 aliphatic carbocycles. The molecule has 0 heterocycles. The maximum absolute atomic E-state index is 11.4. The van der Waals surface area contributed by atoms with Crippen molar-refractivity contribution < 1.29 is 15.0 Å². The molecular weight excluding hydrogens is 216 g/mol. The molecule has 0 bridgehead atoms. The van der Waals surface area contributed by atoms with E-state index in [2.05, 4.69) is 20.8 Å². The van der Waals surface area contributed by atoms with Crippen LogP contribution < -0.4 is 0 Å². The first kappa shape index (κ1) is 16.4. The SMILES string of the molecule is CCC(CCCC(C)(C)C)(CC(C)O)C(=O)O. The summed E-state index contributed by atoms with van der Waals surface area (Å²) >= 11 is 0. The van der Waals surface area contributed by atoms with Gasteiger partial charge in [-0.2, -0.15) is 0 Å². The highest BCUT2D eigenvalue weighted by Gasteiger charge is 2.37. The maximum atomic E-state index is 11.4. The third-order valence-electron chi connectivity index (χ3n) is 3.40. The molecule has 2 N–H and O–H groups in total. The first-order chi connectivity index (χ1) is 7.63. The minimum Gasteiger partial charge on any atom is -0.481 e. The van der Waals surface area contributed by atoms with Gasteiger partial charge in [0.05, 0.1) is 11.5 Å². The van der Waals surface area contributed by atoms with E-state index in [1.165, 1.54) is 0 Å². The van der Waals surface area contributed by atoms with Crippen LogP contribution in [0, 0.1) is 10.8 Å². The quantitative estimate of drug-likeness (QED) is 0.721. The number of hydrogen-bond acceptors (Lipinski definition) is 2. The summed E-state index contributed by atoms with van der Waals surface area (Å²) in [6, 6.07) is 0. The fourth-order valence-electron chi connectivity index (χ4n) is 2.29. The van der Waals surface area contributed by atoms with Gasteiger partial charge in [-0.15, -0.1) is 0 Å². The second kappa shape index (κ2) is 6.39. The molecule has 0 aromatic rings. The molecule has 0 aliphatic rings. The van der Waals surface area contributed by atoms with Gasteiger partial charge >= 0.3 is 5.97 Å². The molecule has 3 nitrogen and oxygen atoms in total. The monoisotopic (exact) mass is 244 g/mol. The molecule has 0 radical (unpaired) electrons. The number of aliphatic carboxylic acids is 1. The Kier molecular flexibility index (Phi) is 6.17. The lowest BCUT2D eigenvalue weighted by Crippen LogP contribution is -2.34. The van der Waals surface area contributed by atoms with Crippen molar-refractivity contribution in [2.24, 2.45) is 10.8 Å². The lowest BCUT2D eigenvalue weighted by Gasteiger charge is -2.30. The maximum Gasteiger partial charge on any atom is 0.309 e. The molecule has 2 unspecified atom stereocenters. The first-order valence-corrected chi connectivity index (χ1v) is 6.54. The smallest absolute Gasteiger partial charge is 0.309 e. The number of hydrogen-bond donors (Lipinski definition) is 2. The molecular formula is C14H28O3. The molecule has 0 rings (SSSR count). The van der Waals surface area contributed by atoms with Crippen LogP contribution in [0.15, 0.2) is 0 Å². The molecule has 3 heteroatoms. The van der Waals surface area contributed by atoms with Gasteiger partial charge in [0.25, 0.3) is 0 Å². The molecule has 0 saturated carbocycles. The van der Waals surface area contributed by atoms with Gasteiger partial charge in [-0.05, 0) is 38.0 Å². The van der Waals surface area contributed by atoms with E-state index < -0.39 is 17.5 Å². The molecule has 0 aromatic carbocycles. The van der Waals surface area contributed by atoms with E-state index in [4.69, 9.17) is 0 Å². The Balaban J connectivity index is 4.54. The zero-order valence-corrected chi connectivity index (χ0v) is 11.9. The largest absolute Gasteiger partial charge is 0.481 e. The van der Waals surface area contributed by atoms with Crippen molar-refractivity contribution in [3.05, 3.63) is 0 Å². The predicted octanol–water partition coefficient (Wildman–Crippen LogP) is 3.45. The summed E-state index contributed by atoms with van der Waals surface area (Å²) in [5.74, 6) is -0.769. The van der Waals surface area contributed by atoms with Crippen molar-refractivity contribution in [3.8, 4) is 0 Å². The van der Waals surface area contributed by atoms with Gasteiger partial charge in [0, 0.05) is 0 Å². The fraction of sp³-hybridized carbons (Fsp3) is 0.929. The minimum absolute atomic E-state index is 0.239. The Morgan fingerprint density at radius 2 is 1.76 bits per heavy atom. The normalized spacial score (nSPS) is 17.5. The lowest BCUT2D eigenvalue weighted by molar-refractivity contribution is -0.152. The van der Waals surface area contributed by atoms with E-state index >= 15 is 0 Å². The minimum atomic E-state index is -0.769. The van der Waals surface area contributed by atoms with E-state index in [-0.39, 0.29) is 5.41 Å². The Morgan fingerprint density at radius 3 is 2.06 bits per heavy atom. The average molecular weight is 244 g/mol.